The van der Waals surface area contributed by atoms with Crippen molar-refractivity contribution in [2.75, 3.05) is 7.11 Å². The molecule has 0 atom stereocenters. The first kappa shape index (κ1) is 18.8. The molecule has 0 fully saturated rings. The third kappa shape index (κ3) is 3.86. The monoisotopic (exact) mass is 399 g/mol. The second-order valence-electron chi connectivity index (χ2n) is 6.36. The van der Waals surface area contributed by atoms with E-state index in [1.165, 1.54) is 22.5 Å². The maximum Gasteiger partial charge on any atom is 0.270 e. The molecule has 4 aromatic rings. The van der Waals surface area contributed by atoms with Crippen molar-refractivity contribution in [3.05, 3.63) is 88.2 Å². The number of nitriles is 1. The van der Waals surface area contributed by atoms with Gasteiger partial charge in [0, 0.05) is 11.3 Å². The fourth-order valence-corrected chi connectivity index (χ4v) is 4.01. The first-order valence-corrected chi connectivity index (χ1v) is 9.96. The van der Waals surface area contributed by atoms with Gasteiger partial charge in [-0.05, 0) is 40.6 Å². The molecule has 0 aliphatic rings. The van der Waals surface area contributed by atoms with Crippen LogP contribution in [0.2, 0.25) is 0 Å². The maximum absolute atomic E-state index is 12.5. The van der Waals surface area contributed by atoms with Gasteiger partial charge < -0.3 is 9.72 Å². The van der Waals surface area contributed by atoms with Gasteiger partial charge in [-0.25, -0.2) is 4.98 Å². The van der Waals surface area contributed by atoms with E-state index in [0.29, 0.717) is 27.9 Å². The number of fused-ring (bicyclic) bond motifs is 1. The summed E-state index contributed by atoms with van der Waals surface area (Å²) in [5.41, 5.74) is 1.80. The molecule has 0 radical (unpaired) electrons. The maximum atomic E-state index is 12.5. The SMILES string of the molecule is COc1ccc(-c2nc(SCc3cccc4ccccc34)[nH]c(=O)c2C#N)cc1. The normalized spacial score (nSPS) is 10.6. The summed E-state index contributed by atoms with van der Waals surface area (Å²) in [6, 6.07) is 23.5. The van der Waals surface area contributed by atoms with Crippen molar-refractivity contribution in [3.63, 3.8) is 0 Å². The molecule has 5 nitrogen and oxygen atoms in total. The Labute approximate surface area is 172 Å². The van der Waals surface area contributed by atoms with Crippen LogP contribution in [0.25, 0.3) is 22.0 Å². The molecule has 3 aromatic carbocycles. The molecule has 1 N–H and O–H groups in total. The van der Waals surface area contributed by atoms with Gasteiger partial charge in [-0.3, -0.25) is 4.79 Å². The number of nitrogens with zero attached hydrogens (tertiary/aromatic N) is 2. The zero-order valence-corrected chi connectivity index (χ0v) is 16.5. The summed E-state index contributed by atoms with van der Waals surface area (Å²) in [6.07, 6.45) is 0. The molecule has 142 valence electrons. The second kappa shape index (κ2) is 8.21. The third-order valence-corrected chi connectivity index (χ3v) is 5.54. The molecule has 1 heterocycles. The molecule has 0 amide bonds. The van der Waals surface area contributed by atoms with Crippen LogP contribution in [0.3, 0.4) is 0 Å². The van der Waals surface area contributed by atoms with Crippen molar-refractivity contribution in [2.45, 2.75) is 10.9 Å². The predicted molar refractivity (Wildman–Crippen MR) is 115 cm³/mol. The van der Waals surface area contributed by atoms with E-state index < -0.39 is 5.56 Å². The van der Waals surface area contributed by atoms with Crippen LogP contribution in [0.5, 0.6) is 5.75 Å². The summed E-state index contributed by atoms with van der Waals surface area (Å²) in [4.78, 5) is 19.8. The lowest BCUT2D eigenvalue weighted by atomic mass is 10.1. The lowest BCUT2D eigenvalue weighted by molar-refractivity contribution is 0.415. The number of nitrogens with one attached hydrogen (secondary N) is 1. The summed E-state index contributed by atoms with van der Waals surface area (Å²) >= 11 is 1.44. The van der Waals surface area contributed by atoms with E-state index in [2.05, 4.69) is 34.2 Å². The molecule has 0 saturated carbocycles. The van der Waals surface area contributed by atoms with Crippen molar-refractivity contribution in [3.8, 4) is 23.1 Å². The predicted octanol–water partition coefficient (Wildman–Crippen LogP) is 4.76. The Bertz CT molecular complexity index is 1270. The number of aromatic amines is 1. The first-order chi connectivity index (χ1) is 14.2. The average molecular weight is 399 g/mol. The Balaban J connectivity index is 1.68. The lowest BCUT2D eigenvalue weighted by Gasteiger charge is -2.09. The van der Waals surface area contributed by atoms with E-state index in [9.17, 15) is 10.1 Å². The highest BCUT2D eigenvalue weighted by atomic mass is 32.2. The number of benzene rings is 3. The highest BCUT2D eigenvalue weighted by Crippen LogP contribution is 2.28. The van der Waals surface area contributed by atoms with Crippen LogP contribution in [-0.2, 0) is 5.75 Å². The molecular formula is C23H17N3O2S. The van der Waals surface area contributed by atoms with Crippen molar-refractivity contribution >= 4 is 22.5 Å². The van der Waals surface area contributed by atoms with E-state index in [1.54, 1.807) is 31.4 Å². The van der Waals surface area contributed by atoms with Gasteiger partial charge in [-0.2, -0.15) is 5.26 Å². The molecule has 29 heavy (non-hydrogen) atoms. The highest BCUT2D eigenvalue weighted by Gasteiger charge is 2.14. The Kier molecular flexibility index (Phi) is 5.32. The Hall–Kier alpha value is -3.56. The molecule has 0 bridgehead atoms. The lowest BCUT2D eigenvalue weighted by Crippen LogP contribution is -2.14. The van der Waals surface area contributed by atoms with Crippen LogP contribution in [0.15, 0.2) is 76.7 Å². The topological polar surface area (TPSA) is 78.8 Å². The summed E-state index contributed by atoms with van der Waals surface area (Å²) in [7, 11) is 1.59. The minimum atomic E-state index is -0.436. The summed E-state index contributed by atoms with van der Waals surface area (Å²) < 4.78 is 5.17. The second-order valence-corrected chi connectivity index (χ2v) is 7.33. The molecule has 1 aromatic heterocycles. The number of H-pyrrole nitrogens is 1. The number of aromatic nitrogens is 2. The average Bonchev–Trinajstić information content (AvgIpc) is 2.77. The van der Waals surface area contributed by atoms with Crippen molar-refractivity contribution in [2.24, 2.45) is 0 Å². The van der Waals surface area contributed by atoms with E-state index in [1.807, 2.05) is 24.3 Å². The minimum absolute atomic E-state index is 0.00433. The van der Waals surface area contributed by atoms with Crippen LogP contribution in [0.1, 0.15) is 11.1 Å². The zero-order valence-electron chi connectivity index (χ0n) is 15.7. The fourth-order valence-electron chi connectivity index (χ4n) is 3.15. The Morgan fingerprint density at radius 1 is 1.07 bits per heavy atom. The first-order valence-electron chi connectivity index (χ1n) is 8.98. The van der Waals surface area contributed by atoms with Crippen LogP contribution < -0.4 is 10.3 Å². The molecule has 0 unspecified atom stereocenters. The van der Waals surface area contributed by atoms with E-state index in [0.717, 1.165) is 5.56 Å². The standard InChI is InChI=1S/C23H17N3O2S/c1-28-18-11-9-16(10-12-18)21-20(13-24)22(27)26-23(25-21)29-14-17-7-4-6-15-5-2-3-8-19(15)17/h2-12H,14H2,1H3,(H,25,26,27). The molecule has 0 aliphatic heterocycles. The smallest absolute Gasteiger partial charge is 0.270 e. The molecule has 0 spiro atoms. The van der Waals surface area contributed by atoms with Crippen LogP contribution in [0, 0.1) is 11.3 Å². The van der Waals surface area contributed by atoms with Gasteiger partial charge in [-0.15, -0.1) is 0 Å². The highest BCUT2D eigenvalue weighted by molar-refractivity contribution is 7.98. The Morgan fingerprint density at radius 2 is 1.83 bits per heavy atom. The molecule has 0 aliphatic carbocycles. The zero-order chi connectivity index (χ0) is 20.2. The number of hydrogen-bond donors (Lipinski definition) is 1. The van der Waals surface area contributed by atoms with Gasteiger partial charge >= 0.3 is 0 Å². The van der Waals surface area contributed by atoms with Gasteiger partial charge in [0.2, 0.25) is 0 Å². The number of methoxy groups -OCH3 is 1. The van der Waals surface area contributed by atoms with Crippen molar-refractivity contribution < 1.29 is 4.74 Å². The van der Waals surface area contributed by atoms with Crippen LogP contribution in [-0.4, -0.2) is 17.1 Å². The van der Waals surface area contributed by atoms with Gasteiger partial charge in [-0.1, -0.05) is 54.2 Å². The van der Waals surface area contributed by atoms with Crippen molar-refractivity contribution in [1.82, 2.24) is 9.97 Å². The van der Waals surface area contributed by atoms with E-state index >= 15 is 0 Å². The molecule has 4 rings (SSSR count). The summed E-state index contributed by atoms with van der Waals surface area (Å²) in [5, 5.41) is 12.3. The van der Waals surface area contributed by atoms with Gasteiger partial charge in [0.1, 0.15) is 17.4 Å². The van der Waals surface area contributed by atoms with E-state index in [4.69, 9.17) is 4.74 Å². The molecule has 6 heteroatoms. The van der Waals surface area contributed by atoms with E-state index in [-0.39, 0.29) is 5.56 Å². The van der Waals surface area contributed by atoms with Crippen LogP contribution in [0.4, 0.5) is 0 Å². The number of hydrogen-bond acceptors (Lipinski definition) is 5. The number of thioether (sulfide) groups is 1. The van der Waals surface area contributed by atoms with Crippen molar-refractivity contribution in [1.29, 1.82) is 5.26 Å². The molecular weight excluding hydrogens is 382 g/mol. The number of rotatable bonds is 5. The minimum Gasteiger partial charge on any atom is -0.497 e. The van der Waals surface area contributed by atoms with Crippen LogP contribution >= 0.6 is 11.8 Å². The fraction of sp³-hybridized carbons (Fsp3) is 0.0870. The van der Waals surface area contributed by atoms with Gasteiger partial charge in [0.15, 0.2) is 5.16 Å². The Morgan fingerprint density at radius 3 is 2.59 bits per heavy atom. The largest absolute Gasteiger partial charge is 0.497 e. The molecule has 0 saturated heterocycles. The summed E-state index contributed by atoms with van der Waals surface area (Å²) in [5.74, 6) is 1.35. The number of ether oxygens (including phenoxy) is 1. The third-order valence-electron chi connectivity index (χ3n) is 4.62. The summed E-state index contributed by atoms with van der Waals surface area (Å²) in [6.45, 7) is 0. The quantitative estimate of drug-likeness (QED) is 0.387. The van der Waals surface area contributed by atoms with Gasteiger partial charge in [0.25, 0.3) is 5.56 Å². The van der Waals surface area contributed by atoms with Gasteiger partial charge in [0.05, 0.1) is 12.8 Å².